The summed E-state index contributed by atoms with van der Waals surface area (Å²) in [4.78, 5) is 37.6. The molecule has 0 spiro atoms. The number of ether oxygens (including phenoxy) is 1. The lowest BCUT2D eigenvalue weighted by atomic mass is 10.1. The van der Waals surface area contributed by atoms with Crippen LogP contribution in [0.1, 0.15) is 16.8 Å². The molecule has 6 rings (SSSR count). The van der Waals surface area contributed by atoms with Crippen LogP contribution in [0, 0.1) is 11.7 Å². The van der Waals surface area contributed by atoms with E-state index in [2.05, 4.69) is 14.9 Å². The van der Waals surface area contributed by atoms with E-state index >= 15 is 4.39 Å². The molecular formula is C27H25FN6O4. The Balaban J connectivity index is 1.36. The Bertz CT molecular complexity index is 1540. The van der Waals surface area contributed by atoms with Crippen molar-refractivity contribution < 1.29 is 19.0 Å². The number of carbonyl (C=O) groups is 1. The van der Waals surface area contributed by atoms with E-state index < -0.39 is 22.8 Å². The number of pyridine rings is 3. The number of carboxylic acids is 1. The first-order valence-electron chi connectivity index (χ1n) is 12.3. The minimum atomic E-state index is -1.36. The van der Waals surface area contributed by atoms with Gasteiger partial charge in [-0.1, -0.05) is 12.1 Å². The molecule has 1 unspecified atom stereocenters. The topological polar surface area (TPSA) is 104 Å². The van der Waals surface area contributed by atoms with Crippen LogP contribution in [0.4, 0.5) is 21.7 Å². The van der Waals surface area contributed by atoms with Gasteiger partial charge in [0.05, 0.1) is 5.39 Å². The summed E-state index contributed by atoms with van der Waals surface area (Å²) in [6.45, 7) is 1.85. The molecule has 5 heterocycles. The molecule has 1 fully saturated rings. The van der Waals surface area contributed by atoms with Crippen molar-refractivity contribution in [2.45, 2.75) is 6.42 Å². The molecular weight excluding hydrogens is 491 g/mol. The molecule has 0 aliphatic carbocycles. The Labute approximate surface area is 217 Å². The van der Waals surface area contributed by atoms with Gasteiger partial charge in [-0.15, -0.1) is 0 Å². The Hall–Kier alpha value is -4.67. The molecule has 0 radical (unpaired) electrons. The molecule has 0 amide bonds. The summed E-state index contributed by atoms with van der Waals surface area (Å²) in [5, 5.41) is 11.1. The van der Waals surface area contributed by atoms with Gasteiger partial charge in [0.25, 0.3) is 0 Å². The molecule has 194 valence electrons. The van der Waals surface area contributed by atoms with Crippen LogP contribution in [-0.2, 0) is 0 Å². The van der Waals surface area contributed by atoms with Crippen molar-refractivity contribution in [3.05, 3.63) is 82.7 Å². The molecule has 1 saturated heterocycles. The fourth-order valence-electron chi connectivity index (χ4n) is 5.24. The largest absolute Gasteiger partial charge is 0.477 e. The lowest BCUT2D eigenvalue weighted by molar-refractivity contribution is 0.0694. The molecule has 3 aromatic heterocycles. The number of nitrogens with zero attached hydrogens (tertiary/aromatic N) is 6. The standard InChI is InChI=1S/C27H25FN6O4/c1-31-16-38-26-23-18(25(35)19(27(36)37)15-34(23)31)12-20(28)24(26)32-11-8-17(13-32)14-33(21-6-2-4-9-29-21)22-7-3-5-10-30-22/h2-7,9-10,12,15,17H,8,11,13-14,16H2,1H3,(H,36,37). The monoisotopic (exact) mass is 516 g/mol. The third-order valence-electron chi connectivity index (χ3n) is 7.04. The highest BCUT2D eigenvalue weighted by molar-refractivity contribution is 5.97. The summed E-state index contributed by atoms with van der Waals surface area (Å²) in [6.07, 6.45) is 5.55. The van der Waals surface area contributed by atoms with E-state index in [1.807, 2.05) is 41.3 Å². The van der Waals surface area contributed by atoms with Crippen LogP contribution in [-0.4, -0.2) is 59.1 Å². The maximum Gasteiger partial charge on any atom is 0.341 e. The van der Waals surface area contributed by atoms with Crippen LogP contribution in [0.25, 0.3) is 10.9 Å². The first-order valence-corrected chi connectivity index (χ1v) is 12.3. The van der Waals surface area contributed by atoms with Gasteiger partial charge in [-0.05, 0) is 42.7 Å². The average molecular weight is 517 g/mol. The van der Waals surface area contributed by atoms with Crippen molar-refractivity contribution in [3.63, 3.8) is 0 Å². The van der Waals surface area contributed by atoms with E-state index in [0.29, 0.717) is 25.2 Å². The molecule has 2 aliphatic heterocycles. The zero-order chi connectivity index (χ0) is 26.4. The number of carboxylic acid groups (broad SMARTS) is 1. The van der Waals surface area contributed by atoms with Crippen molar-refractivity contribution in [2.24, 2.45) is 5.92 Å². The molecule has 38 heavy (non-hydrogen) atoms. The summed E-state index contributed by atoms with van der Waals surface area (Å²) in [6, 6.07) is 12.6. The quantitative estimate of drug-likeness (QED) is 0.414. The predicted octanol–water partition coefficient (Wildman–Crippen LogP) is 3.21. The number of hydrogen-bond acceptors (Lipinski definition) is 8. The molecule has 1 aromatic carbocycles. The number of aromatic nitrogens is 3. The Kier molecular flexibility index (Phi) is 5.82. The second kappa shape index (κ2) is 9.33. The maximum absolute atomic E-state index is 15.6. The molecule has 0 saturated carbocycles. The van der Waals surface area contributed by atoms with Crippen molar-refractivity contribution in [2.75, 3.05) is 48.2 Å². The van der Waals surface area contributed by atoms with E-state index in [4.69, 9.17) is 4.74 Å². The van der Waals surface area contributed by atoms with Crippen molar-refractivity contribution in [1.82, 2.24) is 14.6 Å². The normalized spacial score (nSPS) is 16.5. The van der Waals surface area contributed by atoms with Gasteiger partial charge < -0.3 is 19.6 Å². The highest BCUT2D eigenvalue weighted by Gasteiger charge is 2.33. The van der Waals surface area contributed by atoms with E-state index in [-0.39, 0.29) is 29.5 Å². The van der Waals surface area contributed by atoms with E-state index in [1.54, 1.807) is 29.1 Å². The number of benzene rings is 1. The van der Waals surface area contributed by atoms with Crippen molar-refractivity contribution >= 4 is 34.2 Å². The zero-order valence-corrected chi connectivity index (χ0v) is 20.6. The SMILES string of the molecule is CN1COc2c(N3CCC(CN(c4ccccn4)c4ccccn4)C3)c(F)cc3c(=O)c(C(=O)O)cn1c23. The fourth-order valence-corrected chi connectivity index (χ4v) is 5.24. The number of hydrogen-bond donors (Lipinski definition) is 1. The zero-order valence-electron chi connectivity index (χ0n) is 20.6. The van der Waals surface area contributed by atoms with Crippen LogP contribution >= 0.6 is 0 Å². The third kappa shape index (κ3) is 3.96. The van der Waals surface area contributed by atoms with Crippen LogP contribution in [0.3, 0.4) is 0 Å². The first kappa shape index (κ1) is 23.7. The molecule has 11 heteroatoms. The Morgan fingerprint density at radius 3 is 2.53 bits per heavy atom. The van der Waals surface area contributed by atoms with Crippen LogP contribution in [0.15, 0.2) is 65.8 Å². The van der Waals surface area contributed by atoms with Crippen molar-refractivity contribution in [3.8, 4) is 5.75 Å². The molecule has 0 bridgehead atoms. The smallest absolute Gasteiger partial charge is 0.341 e. The second-order valence-corrected chi connectivity index (χ2v) is 9.47. The predicted molar refractivity (Wildman–Crippen MR) is 141 cm³/mol. The van der Waals surface area contributed by atoms with Gasteiger partial charge in [-0.25, -0.2) is 19.2 Å². The Morgan fingerprint density at radius 2 is 1.89 bits per heavy atom. The lowest BCUT2D eigenvalue weighted by Crippen LogP contribution is -2.40. The summed E-state index contributed by atoms with van der Waals surface area (Å²) in [7, 11) is 1.71. The van der Waals surface area contributed by atoms with Gasteiger partial charge in [-0.2, -0.15) is 0 Å². The molecule has 1 N–H and O–H groups in total. The lowest BCUT2D eigenvalue weighted by Gasteiger charge is -2.33. The maximum atomic E-state index is 15.6. The Morgan fingerprint density at radius 1 is 1.18 bits per heavy atom. The third-order valence-corrected chi connectivity index (χ3v) is 7.04. The summed E-state index contributed by atoms with van der Waals surface area (Å²) >= 11 is 0. The van der Waals surface area contributed by atoms with Gasteiger partial charge in [0.15, 0.2) is 18.3 Å². The number of aromatic carboxylic acids is 1. The molecule has 2 aliphatic rings. The van der Waals surface area contributed by atoms with Crippen LogP contribution in [0.5, 0.6) is 5.75 Å². The van der Waals surface area contributed by atoms with E-state index in [0.717, 1.165) is 24.1 Å². The first-order chi connectivity index (χ1) is 18.4. The van der Waals surface area contributed by atoms with Gasteiger partial charge in [0.2, 0.25) is 5.43 Å². The summed E-state index contributed by atoms with van der Waals surface area (Å²) < 4.78 is 23.1. The van der Waals surface area contributed by atoms with Crippen molar-refractivity contribution in [1.29, 1.82) is 0 Å². The molecule has 1 atom stereocenters. The van der Waals surface area contributed by atoms with Gasteiger partial charge in [0.1, 0.15) is 28.4 Å². The fraction of sp³-hybridized carbons (Fsp3) is 0.259. The van der Waals surface area contributed by atoms with Gasteiger partial charge >= 0.3 is 5.97 Å². The van der Waals surface area contributed by atoms with Crippen LogP contribution < -0.4 is 25.0 Å². The highest BCUT2D eigenvalue weighted by Crippen LogP contribution is 2.42. The molecule has 10 nitrogen and oxygen atoms in total. The second-order valence-electron chi connectivity index (χ2n) is 9.47. The van der Waals surface area contributed by atoms with Gasteiger partial charge in [0, 0.05) is 45.3 Å². The molecule has 4 aromatic rings. The highest BCUT2D eigenvalue weighted by atomic mass is 19.1. The summed E-state index contributed by atoms with van der Waals surface area (Å²) in [5.41, 5.74) is -0.520. The number of anilines is 3. The summed E-state index contributed by atoms with van der Waals surface area (Å²) in [5.74, 6) is 0.000258. The minimum Gasteiger partial charge on any atom is -0.477 e. The van der Waals surface area contributed by atoms with Crippen LogP contribution in [0.2, 0.25) is 0 Å². The van der Waals surface area contributed by atoms with E-state index in [9.17, 15) is 14.7 Å². The average Bonchev–Trinajstić information content (AvgIpc) is 3.39. The van der Waals surface area contributed by atoms with E-state index in [1.165, 1.54) is 6.20 Å². The van der Waals surface area contributed by atoms with Gasteiger partial charge in [-0.3, -0.25) is 14.5 Å². The minimum absolute atomic E-state index is 0.0278. The number of halogens is 1. The number of rotatable bonds is 6.